The van der Waals surface area contributed by atoms with Crippen LogP contribution in [0.5, 0.6) is 5.75 Å². The summed E-state index contributed by atoms with van der Waals surface area (Å²) in [6.45, 7) is 4.48. The van der Waals surface area contributed by atoms with Crippen molar-refractivity contribution in [2.45, 2.75) is 25.7 Å². The minimum Gasteiger partial charge on any atom is -0.489 e. The molecule has 2 amide bonds. The van der Waals surface area contributed by atoms with Crippen LogP contribution in [-0.4, -0.2) is 17.1 Å². The molecule has 1 aliphatic rings. The number of amides is 2. The first-order valence-corrected chi connectivity index (χ1v) is 11.0. The second-order valence-electron chi connectivity index (χ2n) is 7.45. The normalized spacial score (nSPS) is 14.0. The van der Waals surface area contributed by atoms with E-state index in [1.165, 1.54) is 16.7 Å². The Morgan fingerprint density at radius 2 is 1.42 bits per heavy atom. The minimum absolute atomic E-state index is 0.180. The zero-order valence-electron chi connectivity index (χ0n) is 17.4. The molecule has 0 aliphatic carbocycles. The van der Waals surface area contributed by atoms with Crippen LogP contribution in [0.4, 0.5) is 5.69 Å². The van der Waals surface area contributed by atoms with Crippen molar-refractivity contribution < 1.29 is 14.3 Å². The van der Waals surface area contributed by atoms with Gasteiger partial charge in [0, 0.05) is 5.25 Å². The Balaban J connectivity index is 1.57. The van der Waals surface area contributed by atoms with Gasteiger partial charge in [0.25, 0.3) is 11.8 Å². The summed E-state index contributed by atoms with van der Waals surface area (Å²) in [7, 11) is 0. The fourth-order valence-electron chi connectivity index (χ4n) is 3.38. The van der Waals surface area contributed by atoms with E-state index in [0.29, 0.717) is 28.5 Å². The lowest BCUT2D eigenvalue weighted by Crippen LogP contribution is -2.31. The van der Waals surface area contributed by atoms with Crippen molar-refractivity contribution in [2.24, 2.45) is 0 Å². The molecular weight excluding hydrogens is 406 g/mol. The van der Waals surface area contributed by atoms with E-state index in [2.05, 4.69) is 0 Å². The Labute approximate surface area is 186 Å². The third-order valence-corrected chi connectivity index (χ3v) is 5.89. The number of rotatable bonds is 7. The average molecular weight is 430 g/mol. The summed E-state index contributed by atoms with van der Waals surface area (Å²) in [6, 6.07) is 26.4. The average Bonchev–Trinajstić information content (AvgIpc) is 3.03. The SMILES string of the molecule is CC(C)SC1=C(c2ccccc2)C(=O)N(c2ccc(OCc3ccccc3)cc2)C1=O. The lowest BCUT2D eigenvalue weighted by atomic mass is 10.1. The van der Waals surface area contributed by atoms with E-state index in [9.17, 15) is 9.59 Å². The van der Waals surface area contributed by atoms with Crippen molar-refractivity contribution in [2.75, 3.05) is 4.90 Å². The summed E-state index contributed by atoms with van der Waals surface area (Å²) >= 11 is 1.43. The van der Waals surface area contributed by atoms with Crippen LogP contribution in [0.3, 0.4) is 0 Å². The smallest absolute Gasteiger partial charge is 0.272 e. The van der Waals surface area contributed by atoms with E-state index >= 15 is 0 Å². The Kier molecular flexibility index (Phi) is 6.23. The molecule has 31 heavy (non-hydrogen) atoms. The molecule has 3 aromatic rings. The molecule has 0 unspecified atom stereocenters. The summed E-state index contributed by atoms with van der Waals surface area (Å²) in [6.07, 6.45) is 0. The number of hydrogen-bond acceptors (Lipinski definition) is 4. The maximum absolute atomic E-state index is 13.3. The van der Waals surface area contributed by atoms with Gasteiger partial charge in [0.2, 0.25) is 0 Å². The number of carbonyl (C=O) groups excluding carboxylic acids is 2. The Morgan fingerprint density at radius 1 is 0.806 bits per heavy atom. The van der Waals surface area contributed by atoms with Crippen molar-refractivity contribution in [1.29, 1.82) is 0 Å². The van der Waals surface area contributed by atoms with Gasteiger partial charge in [-0.2, -0.15) is 0 Å². The molecule has 4 nitrogen and oxygen atoms in total. The van der Waals surface area contributed by atoms with E-state index in [4.69, 9.17) is 4.74 Å². The first-order chi connectivity index (χ1) is 15.0. The zero-order chi connectivity index (χ0) is 21.8. The topological polar surface area (TPSA) is 46.6 Å². The summed E-state index contributed by atoms with van der Waals surface area (Å²) < 4.78 is 5.82. The fraction of sp³-hybridized carbons (Fsp3) is 0.154. The Bertz CT molecular complexity index is 1110. The lowest BCUT2D eigenvalue weighted by Gasteiger charge is -2.16. The molecule has 0 saturated heterocycles. The number of anilines is 1. The number of thioether (sulfide) groups is 1. The summed E-state index contributed by atoms with van der Waals surface area (Å²) in [5, 5.41) is 0.180. The van der Waals surface area contributed by atoms with E-state index in [1.54, 1.807) is 24.3 Å². The van der Waals surface area contributed by atoms with E-state index in [1.807, 2.05) is 74.5 Å². The largest absolute Gasteiger partial charge is 0.489 e. The molecule has 4 rings (SSSR count). The van der Waals surface area contributed by atoms with Gasteiger partial charge in [-0.05, 0) is 35.4 Å². The molecule has 1 aliphatic heterocycles. The Hall–Kier alpha value is -3.31. The summed E-state index contributed by atoms with van der Waals surface area (Å²) in [5.41, 5.74) is 2.83. The first-order valence-electron chi connectivity index (χ1n) is 10.2. The van der Waals surface area contributed by atoms with E-state index in [-0.39, 0.29) is 17.1 Å². The van der Waals surface area contributed by atoms with Crippen LogP contribution in [0.1, 0.15) is 25.0 Å². The third-order valence-electron chi connectivity index (χ3n) is 4.80. The minimum atomic E-state index is -0.294. The molecule has 0 saturated carbocycles. The molecule has 0 N–H and O–H groups in total. The molecule has 0 spiro atoms. The van der Waals surface area contributed by atoms with Crippen LogP contribution in [-0.2, 0) is 16.2 Å². The van der Waals surface area contributed by atoms with Gasteiger partial charge >= 0.3 is 0 Å². The predicted molar refractivity (Wildman–Crippen MR) is 126 cm³/mol. The molecular formula is C26H23NO3S. The molecule has 156 valence electrons. The highest BCUT2D eigenvalue weighted by Gasteiger charge is 2.40. The second-order valence-corrected chi connectivity index (χ2v) is 9.04. The van der Waals surface area contributed by atoms with Gasteiger partial charge in [0.05, 0.1) is 16.2 Å². The van der Waals surface area contributed by atoms with Crippen LogP contribution in [0, 0.1) is 0 Å². The molecule has 1 heterocycles. The number of benzene rings is 3. The summed E-state index contributed by atoms with van der Waals surface area (Å²) in [5.74, 6) is 0.109. The summed E-state index contributed by atoms with van der Waals surface area (Å²) in [4.78, 5) is 28.3. The molecule has 0 atom stereocenters. The highest BCUT2D eigenvalue weighted by atomic mass is 32.2. The van der Waals surface area contributed by atoms with Crippen molar-refractivity contribution in [1.82, 2.24) is 0 Å². The van der Waals surface area contributed by atoms with Crippen LogP contribution < -0.4 is 9.64 Å². The molecule has 0 bridgehead atoms. The fourth-order valence-corrected chi connectivity index (χ4v) is 4.37. The maximum Gasteiger partial charge on any atom is 0.272 e. The number of hydrogen-bond donors (Lipinski definition) is 0. The van der Waals surface area contributed by atoms with E-state index < -0.39 is 0 Å². The van der Waals surface area contributed by atoms with Crippen LogP contribution in [0.2, 0.25) is 0 Å². The molecule has 0 aromatic heterocycles. The molecule has 0 fully saturated rings. The van der Waals surface area contributed by atoms with Gasteiger partial charge in [-0.1, -0.05) is 74.5 Å². The van der Waals surface area contributed by atoms with Gasteiger partial charge in [0.1, 0.15) is 12.4 Å². The van der Waals surface area contributed by atoms with Crippen LogP contribution >= 0.6 is 11.8 Å². The number of nitrogens with zero attached hydrogens (tertiary/aromatic N) is 1. The lowest BCUT2D eigenvalue weighted by molar-refractivity contribution is -0.119. The van der Waals surface area contributed by atoms with Gasteiger partial charge in [-0.3, -0.25) is 9.59 Å². The third kappa shape index (κ3) is 4.57. The van der Waals surface area contributed by atoms with Crippen LogP contribution in [0.15, 0.2) is 89.8 Å². The maximum atomic E-state index is 13.3. The standard InChI is InChI=1S/C26H23NO3S/c1-18(2)31-24-23(20-11-7-4-8-12-20)25(28)27(26(24)29)21-13-15-22(16-14-21)30-17-19-9-5-3-6-10-19/h3-16,18H,17H2,1-2H3. The molecule has 0 radical (unpaired) electrons. The van der Waals surface area contributed by atoms with Crippen molar-refractivity contribution >= 4 is 34.8 Å². The van der Waals surface area contributed by atoms with Crippen LogP contribution in [0.25, 0.3) is 5.57 Å². The van der Waals surface area contributed by atoms with Crippen molar-refractivity contribution in [3.63, 3.8) is 0 Å². The monoisotopic (exact) mass is 429 g/mol. The van der Waals surface area contributed by atoms with E-state index in [0.717, 1.165) is 11.1 Å². The van der Waals surface area contributed by atoms with Gasteiger partial charge in [-0.25, -0.2) is 4.90 Å². The highest BCUT2D eigenvalue weighted by Crippen LogP contribution is 2.40. The van der Waals surface area contributed by atoms with Gasteiger partial charge in [0.15, 0.2) is 0 Å². The molecule has 5 heteroatoms. The number of carbonyl (C=O) groups is 2. The molecule has 3 aromatic carbocycles. The van der Waals surface area contributed by atoms with Crippen molar-refractivity contribution in [3.05, 3.63) is 101 Å². The predicted octanol–water partition coefficient (Wildman–Crippen LogP) is 5.69. The zero-order valence-corrected chi connectivity index (χ0v) is 18.3. The Morgan fingerprint density at radius 3 is 2.03 bits per heavy atom. The van der Waals surface area contributed by atoms with Gasteiger partial charge < -0.3 is 4.74 Å². The number of imide groups is 1. The number of ether oxygens (including phenoxy) is 1. The second kappa shape index (κ2) is 9.23. The first kappa shape index (κ1) is 20.9. The van der Waals surface area contributed by atoms with Crippen molar-refractivity contribution in [3.8, 4) is 5.75 Å². The van der Waals surface area contributed by atoms with Gasteiger partial charge in [-0.15, -0.1) is 11.8 Å². The highest BCUT2D eigenvalue weighted by molar-refractivity contribution is 8.04. The quantitative estimate of drug-likeness (QED) is 0.453.